The predicted octanol–water partition coefficient (Wildman–Crippen LogP) is 8.65. The molecule has 1 atom stereocenters. The second-order valence-corrected chi connectivity index (χ2v) is 13.2. The third-order valence-electron chi connectivity index (χ3n) is 7.30. The van der Waals surface area contributed by atoms with Crippen molar-refractivity contribution in [1.29, 1.82) is 0 Å². The number of amides is 1. The summed E-state index contributed by atoms with van der Waals surface area (Å²) in [6.07, 6.45) is 0. The number of nitrogens with zero attached hydrogens (tertiary/aromatic N) is 3. The van der Waals surface area contributed by atoms with Gasteiger partial charge in [0.15, 0.2) is 4.34 Å². The van der Waals surface area contributed by atoms with Gasteiger partial charge < -0.3 is 9.84 Å². The molecule has 0 aliphatic carbocycles. The average Bonchev–Trinajstić information content (AvgIpc) is 3.62. The smallest absolute Gasteiger partial charge is 0.301 e. The lowest BCUT2D eigenvalue weighted by Crippen LogP contribution is -2.29. The Kier molecular flexibility index (Phi) is 9.23. The first-order valence-electron chi connectivity index (χ1n) is 13.8. The lowest BCUT2D eigenvalue weighted by atomic mass is 9.95. The largest absolute Gasteiger partial charge is 0.507 e. The van der Waals surface area contributed by atoms with E-state index in [0.717, 1.165) is 16.7 Å². The number of carbonyl (C=O) groups excluding carboxylic acids is 2. The normalized spacial score (nSPS) is 15.9. The number of Topliss-reactive ketones (excluding diaryl/α,β-unsaturated/α-hetero) is 1. The van der Waals surface area contributed by atoms with E-state index in [-0.39, 0.29) is 16.5 Å². The number of anilines is 1. The van der Waals surface area contributed by atoms with Crippen molar-refractivity contribution < 1.29 is 19.4 Å². The highest BCUT2D eigenvalue weighted by atomic mass is 35.5. The molecule has 1 fully saturated rings. The highest BCUT2D eigenvalue weighted by molar-refractivity contribution is 8.00. The Labute approximate surface area is 278 Å². The Balaban J connectivity index is 1.31. The monoisotopic (exact) mass is 673 g/mol. The summed E-state index contributed by atoms with van der Waals surface area (Å²) in [6, 6.07) is 28.1. The molecule has 4 aromatic carbocycles. The van der Waals surface area contributed by atoms with Crippen LogP contribution < -0.4 is 9.64 Å². The van der Waals surface area contributed by atoms with E-state index in [1.165, 1.54) is 28.0 Å². The van der Waals surface area contributed by atoms with Gasteiger partial charge in [-0.1, -0.05) is 101 Å². The van der Waals surface area contributed by atoms with Gasteiger partial charge in [0.25, 0.3) is 5.78 Å². The van der Waals surface area contributed by atoms with Crippen LogP contribution >= 0.6 is 46.3 Å². The molecule has 1 amide bonds. The van der Waals surface area contributed by atoms with Crippen molar-refractivity contribution in [3.8, 4) is 5.75 Å². The Morgan fingerprint density at radius 2 is 1.67 bits per heavy atom. The number of aliphatic hydroxyl groups is 1. The van der Waals surface area contributed by atoms with Crippen LogP contribution in [0.2, 0.25) is 10.0 Å². The molecule has 226 valence electrons. The van der Waals surface area contributed by atoms with Gasteiger partial charge in [-0.2, -0.15) is 0 Å². The fourth-order valence-electron chi connectivity index (χ4n) is 4.93. The van der Waals surface area contributed by atoms with Gasteiger partial charge in [0, 0.05) is 21.4 Å². The maximum atomic E-state index is 13.6. The van der Waals surface area contributed by atoms with Gasteiger partial charge in [-0.25, -0.2) is 0 Å². The van der Waals surface area contributed by atoms with Crippen LogP contribution in [0, 0.1) is 6.92 Å². The number of benzene rings is 4. The molecule has 1 aromatic heterocycles. The molecular weight excluding hydrogens is 649 g/mol. The van der Waals surface area contributed by atoms with Crippen molar-refractivity contribution in [3.05, 3.63) is 140 Å². The summed E-state index contributed by atoms with van der Waals surface area (Å²) in [4.78, 5) is 28.4. The van der Waals surface area contributed by atoms with Crippen LogP contribution in [-0.4, -0.2) is 27.0 Å². The van der Waals surface area contributed by atoms with Crippen LogP contribution in [0.25, 0.3) is 5.76 Å². The number of hydrogen-bond acceptors (Lipinski definition) is 8. The number of ether oxygens (including phenoxy) is 1. The predicted molar refractivity (Wildman–Crippen MR) is 179 cm³/mol. The molecule has 1 unspecified atom stereocenters. The first-order valence-corrected chi connectivity index (χ1v) is 16.4. The highest BCUT2D eigenvalue weighted by Gasteiger charge is 2.48. The zero-order chi connectivity index (χ0) is 31.5. The lowest BCUT2D eigenvalue weighted by Gasteiger charge is -2.22. The first-order chi connectivity index (χ1) is 21.8. The van der Waals surface area contributed by atoms with E-state index in [0.29, 0.717) is 43.6 Å². The molecular formula is C34H25Cl2N3O4S2. The Morgan fingerprint density at radius 1 is 0.933 bits per heavy atom. The van der Waals surface area contributed by atoms with E-state index in [4.69, 9.17) is 27.9 Å². The Morgan fingerprint density at radius 3 is 2.40 bits per heavy atom. The van der Waals surface area contributed by atoms with Crippen LogP contribution in [0.1, 0.15) is 33.9 Å². The van der Waals surface area contributed by atoms with Crippen LogP contribution in [0.3, 0.4) is 0 Å². The summed E-state index contributed by atoms with van der Waals surface area (Å²) in [5.74, 6) is -0.826. The number of aryl methyl sites for hydroxylation is 1. The molecule has 5 aromatic rings. The van der Waals surface area contributed by atoms with Crippen LogP contribution in [0.5, 0.6) is 5.75 Å². The number of thioether (sulfide) groups is 1. The minimum atomic E-state index is -0.977. The molecule has 2 heterocycles. The van der Waals surface area contributed by atoms with Crippen LogP contribution in [0.4, 0.5) is 5.13 Å². The number of rotatable bonds is 9. The maximum Gasteiger partial charge on any atom is 0.301 e. The molecule has 11 heteroatoms. The van der Waals surface area contributed by atoms with Crippen LogP contribution in [0.15, 0.2) is 107 Å². The van der Waals surface area contributed by atoms with E-state index in [2.05, 4.69) is 10.2 Å². The second-order valence-electron chi connectivity index (χ2n) is 10.2. The molecule has 1 N–H and O–H groups in total. The van der Waals surface area contributed by atoms with Crippen molar-refractivity contribution in [2.75, 3.05) is 4.90 Å². The third-order valence-corrected chi connectivity index (χ3v) is 10.0. The quantitative estimate of drug-likeness (QED) is 0.0550. The van der Waals surface area contributed by atoms with Crippen molar-refractivity contribution in [2.45, 2.75) is 29.7 Å². The molecule has 0 bridgehead atoms. The minimum Gasteiger partial charge on any atom is -0.507 e. The molecule has 0 radical (unpaired) electrons. The zero-order valence-electron chi connectivity index (χ0n) is 23.8. The van der Waals surface area contributed by atoms with Crippen molar-refractivity contribution in [1.82, 2.24) is 10.2 Å². The van der Waals surface area contributed by atoms with Crippen LogP contribution in [-0.2, 0) is 21.9 Å². The van der Waals surface area contributed by atoms with E-state index in [9.17, 15) is 14.7 Å². The summed E-state index contributed by atoms with van der Waals surface area (Å²) >= 11 is 15.2. The summed E-state index contributed by atoms with van der Waals surface area (Å²) in [7, 11) is 0. The van der Waals surface area contributed by atoms with Crippen molar-refractivity contribution in [2.24, 2.45) is 0 Å². The van der Waals surface area contributed by atoms with E-state index in [1.54, 1.807) is 48.5 Å². The summed E-state index contributed by atoms with van der Waals surface area (Å²) in [5, 5.41) is 21.3. The van der Waals surface area contributed by atoms with Crippen molar-refractivity contribution in [3.63, 3.8) is 0 Å². The molecule has 1 aliphatic heterocycles. The van der Waals surface area contributed by atoms with Gasteiger partial charge in [-0.3, -0.25) is 14.5 Å². The van der Waals surface area contributed by atoms with E-state index < -0.39 is 17.7 Å². The van der Waals surface area contributed by atoms with Gasteiger partial charge in [-0.15, -0.1) is 10.2 Å². The second kappa shape index (κ2) is 13.5. The number of carbonyl (C=O) groups is 2. The Bertz CT molecular complexity index is 1930. The minimum absolute atomic E-state index is 0.0729. The fourth-order valence-corrected chi connectivity index (χ4v) is 7.28. The molecule has 0 saturated carbocycles. The third kappa shape index (κ3) is 6.62. The fraction of sp³-hybridized carbons (Fsp3) is 0.118. The van der Waals surface area contributed by atoms with Gasteiger partial charge in [0.2, 0.25) is 5.13 Å². The summed E-state index contributed by atoms with van der Waals surface area (Å²) in [5.41, 5.74) is 3.95. The number of aliphatic hydroxyl groups excluding tert-OH is 1. The SMILES string of the molecule is Cc1ccccc1COc1ccc(C(O)=C2C(=O)C(=O)N(c3nnc(SCc4ccccc4Cl)s3)C2c2cccc(Cl)c2)cc1. The standard InChI is InChI=1S/C34H25Cl2N3O4S2/c1-20-7-2-3-8-23(20)18-43-26-15-13-21(14-16-26)30(40)28-29(22-10-6-11-25(35)17-22)39(32(42)31(28)41)33-37-38-34(45-33)44-19-24-9-4-5-12-27(24)36/h2-17,29,40H,18-19H2,1H3. The van der Waals surface area contributed by atoms with E-state index in [1.807, 2.05) is 55.5 Å². The van der Waals surface area contributed by atoms with Gasteiger partial charge in [0.1, 0.15) is 18.1 Å². The molecule has 6 rings (SSSR count). The summed E-state index contributed by atoms with van der Waals surface area (Å²) in [6.45, 7) is 2.41. The van der Waals surface area contributed by atoms with Crippen molar-refractivity contribution >= 4 is 68.9 Å². The highest BCUT2D eigenvalue weighted by Crippen LogP contribution is 2.44. The average molecular weight is 675 g/mol. The molecule has 0 spiro atoms. The molecule has 7 nitrogen and oxygen atoms in total. The first kappa shape index (κ1) is 30.9. The lowest BCUT2D eigenvalue weighted by molar-refractivity contribution is -0.132. The number of halogens is 2. The molecule has 45 heavy (non-hydrogen) atoms. The van der Waals surface area contributed by atoms with E-state index >= 15 is 0 Å². The molecule has 1 saturated heterocycles. The van der Waals surface area contributed by atoms with Gasteiger partial charge >= 0.3 is 5.91 Å². The number of aromatic nitrogens is 2. The van der Waals surface area contributed by atoms with Gasteiger partial charge in [0.05, 0.1) is 11.6 Å². The maximum absolute atomic E-state index is 13.6. The summed E-state index contributed by atoms with van der Waals surface area (Å²) < 4.78 is 6.54. The zero-order valence-corrected chi connectivity index (χ0v) is 27.0. The number of hydrogen-bond donors (Lipinski definition) is 1. The van der Waals surface area contributed by atoms with Gasteiger partial charge in [-0.05, 0) is 71.6 Å². The topological polar surface area (TPSA) is 92.6 Å². The number of ketones is 1. The molecule has 1 aliphatic rings. The Hall–Kier alpha value is -4.15.